The van der Waals surface area contributed by atoms with Gasteiger partial charge in [-0.25, -0.2) is 15.0 Å². The van der Waals surface area contributed by atoms with Crippen molar-refractivity contribution in [2.75, 3.05) is 13.1 Å². The second-order valence-corrected chi connectivity index (χ2v) is 5.81. The Morgan fingerprint density at radius 3 is 2.62 bits per heavy atom. The van der Waals surface area contributed by atoms with Crippen molar-refractivity contribution >= 4 is 5.91 Å². The zero-order chi connectivity index (χ0) is 17.3. The van der Waals surface area contributed by atoms with E-state index in [2.05, 4.69) is 15.0 Å². The van der Waals surface area contributed by atoms with Gasteiger partial charge in [0.05, 0.1) is 5.56 Å². The first kappa shape index (κ1) is 16.4. The molecule has 0 N–H and O–H groups in total. The van der Waals surface area contributed by atoms with E-state index in [1.165, 1.54) is 23.3 Å². The molecule has 1 fully saturated rings. The van der Waals surface area contributed by atoms with E-state index in [0.717, 1.165) is 6.20 Å². The number of halogens is 3. The average Bonchev–Trinajstić information content (AvgIpc) is 2.97. The highest BCUT2D eigenvalue weighted by Gasteiger charge is 2.36. The molecule has 3 rings (SSSR count). The predicted octanol–water partition coefficient (Wildman–Crippen LogP) is 2.25. The third kappa shape index (κ3) is 3.24. The summed E-state index contributed by atoms with van der Waals surface area (Å²) in [4.78, 5) is 25.5. The average molecular weight is 339 g/mol. The maximum atomic E-state index is 12.8. The highest BCUT2D eigenvalue weighted by atomic mass is 19.4. The second-order valence-electron chi connectivity index (χ2n) is 5.81. The van der Waals surface area contributed by atoms with Crippen LogP contribution in [0.2, 0.25) is 0 Å². The molecule has 0 aliphatic carbocycles. The molecule has 1 saturated heterocycles. The smallest absolute Gasteiger partial charge is 0.338 e. The van der Waals surface area contributed by atoms with E-state index in [-0.39, 0.29) is 11.8 Å². The molecular weight excluding hydrogens is 323 g/mol. The van der Waals surface area contributed by atoms with Gasteiger partial charge in [0.15, 0.2) is 5.69 Å². The summed E-state index contributed by atoms with van der Waals surface area (Å²) in [7, 11) is 1.55. The Hall–Kier alpha value is -2.45. The largest absolute Gasteiger partial charge is 0.434 e. The van der Waals surface area contributed by atoms with Gasteiger partial charge in [-0.1, -0.05) is 0 Å². The normalized spacial score (nSPS) is 18.7. The van der Waals surface area contributed by atoms with Gasteiger partial charge in [0.25, 0.3) is 5.91 Å². The van der Waals surface area contributed by atoms with Crippen molar-refractivity contribution < 1.29 is 18.0 Å². The molecule has 6 nitrogen and oxygen atoms in total. The van der Waals surface area contributed by atoms with Crippen LogP contribution in [0.4, 0.5) is 13.2 Å². The fourth-order valence-electron chi connectivity index (χ4n) is 2.96. The number of hydrogen-bond acceptors (Lipinski definition) is 4. The lowest BCUT2D eigenvalue weighted by Crippen LogP contribution is -2.39. The van der Waals surface area contributed by atoms with Gasteiger partial charge >= 0.3 is 6.18 Å². The monoisotopic (exact) mass is 339 g/mol. The number of carbonyl (C=O) groups excluding carboxylic acids is 1. The van der Waals surface area contributed by atoms with Crippen LogP contribution in [0.3, 0.4) is 0 Å². The quantitative estimate of drug-likeness (QED) is 0.842. The number of aryl methyl sites for hydroxylation is 1. The first-order valence-electron chi connectivity index (χ1n) is 7.51. The number of hydrogen-bond donors (Lipinski definition) is 0. The van der Waals surface area contributed by atoms with Crippen LogP contribution in [0.1, 0.15) is 40.6 Å². The molecule has 128 valence electrons. The molecule has 0 radical (unpaired) electrons. The summed E-state index contributed by atoms with van der Waals surface area (Å²) in [5.41, 5.74) is -0.533. The number of aromatic nitrogens is 4. The number of likely N-dealkylation sites (tertiary alicyclic amines) is 1. The third-order valence-electron chi connectivity index (χ3n) is 4.08. The Morgan fingerprint density at radius 2 is 2.00 bits per heavy atom. The zero-order valence-corrected chi connectivity index (χ0v) is 13.0. The van der Waals surface area contributed by atoms with Crippen molar-refractivity contribution in [1.82, 2.24) is 24.4 Å². The van der Waals surface area contributed by atoms with Crippen molar-refractivity contribution in [2.24, 2.45) is 7.05 Å². The number of amides is 1. The second kappa shape index (κ2) is 6.21. The van der Waals surface area contributed by atoms with Crippen LogP contribution >= 0.6 is 0 Å². The molecule has 2 aromatic rings. The molecule has 0 unspecified atom stereocenters. The maximum absolute atomic E-state index is 12.8. The number of imidazole rings is 1. The van der Waals surface area contributed by atoms with E-state index >= 15 is 0 Å². The van der Waals surface area contributed by atoms with Crippen LogP contribution < -0.4 is 0 Å². The van der Waals surface area contributed by atoms with E-state index in [1.54, 1.807) is 11.9 Å². The zero-order valence-electron chi connectivity index (χ0n) is 13.0. The molecule has 0 bridgehead atoms. The summed E-state index contributed by atoms with van der Waals surface area (Å²) in [6.07, 6.45) is 2.11. The van der Waals surface area contributed by atoms with Gasteiger partial charge in [-0.05, 0) is 12.8 Å². The van der Waals surface area contributed by atoms with Crippen molar-refractivity contribution in [3.05, 3.63) is 42.0 Å². The Bertz CT molecular complexity index is 728. The van der Waals surface area contributed by atoms with Gasteiger partial charge in [-0.2, -0.15) is 13.2 Å². The lowest BCUT2D eigenvalue weighted by Gasteiger charge is -2.32. The van der Waals surface area contributed by atoms with Crippen molar-refractivity contribution in [1.29, 1.82) is 0 Å². The van der Waals surface area contributed by atoms with Crippen molar-refractivity contribution in [3.8, 4) is 0 Å². The predicted molar refractivity (Wildman–Crippen MR) is 78.1 cm³/mol. The van der Waals surface area contributed by atoms with Crippen LogP contribution in [-0.2, 0) is 13.2 Å². The minimum atomic E-state index is -4.47. The molecule has 1 atom stereocenters. The van der Waals surface area contributed by atoms with Gasteiger partial charge in [0.2, 0.25) is 0 Å². The highest BCUT2D eigenvalue weighted by molar-refractivity contribution is 5.93. The van der Waals surface area contributed by atoms with Crippen molar-refractivity contribution in [2.45, 2.75) is 24.9 Å². The Balaban J connectivity index is 1.79. The maximum Gasteiger partial charge on any atom is 0.434 e. The highest BCUT2D eigenvalue weighted by Crippen LogP contribution is 2.32. The third-order valence-corrected chi connectivity index (χ3v) is 4.08. The topological polar surface area (TPSA) is 63.9 Å². The van der Waals surface area contributed by atoms with Crippen LogP contribution in [0, 0.1) is 0 Å². The van der Waals surface area contributed by atoms with E-state index in [4.69, 9.17) is 0 Å². The van der Waals surface area contributed by atoms with Gasteiger partial charge in [-0.3, -0.25) is 4.79 Å². The van der Waals surface area contributed by atoms with Crippen LogP contribution in [0.15, 0.2) is 24.9 Å². The number of piperidine rings is 1. The van der Waals surface area contributed by atoms with E-state index in [0.29, 0.717) is 37.3 Å². The summed E-state index contributed by atoms with van der Waals surface area (Å²) in [5.74, 6) is -0.0943. The Morgan fingerprint density at radius 1 is 1.29 bits per heavy atom. The van der Waals surface area contributed by atoms with E-state index < -0.39 is 11.9 Å². The summed E-state index contributed by atoms with van der Waals surface area (Å²) in [6.45, 7) is 0.886. The molecule has 3 heterocycles. The van der Waals surface area contributed by atoms with Gasteiger partial charge in [0, 0.05) is 44.6 Å². The van der Waals surface area contributed by atoms with Gasteiger partial charge in [-0.15, -0.1) is 0 Å². The minimum Gasteiger partial charge on any atom is -0.338 e. The van der Waals surface area contributed by atoms with Crippen LogP contribution in [0.5, 0.6) is 0 Å². The first-order chi connectivity index (χ1) is 11.4. The Kier molecular flexibility index (Phi) is 4.25. The molecule has 0 saturated carbocycles. The van der Waals surface area contributed by atoms with Gasteiger partial charge in [0.1, 0.15) is 12.2 Å². The summed E-state index contributed by atoms with van der Waals surface area (Å²) in [5, 5.41) is 0. The molecule has 9 heteroatoms. The standard InChI is InChI=1S/C15H16F3N5O/c1-22-8-12(15(16,17)18)21-13(22)10-3-2-4-23(7-10)14(24)11-5-19-9-20-6-11/h5-6,8-10H,2-4,7H2,1H3/t10-/m1/s1. The fourth-order valence-corrected chi connectivity index (χ4v) is 2.96. The lowest BCUT2D eigenvalue weighted by atomic mass is 9.96. The molecular formula is C15H16F3N5O. The van der Waals surface area contributed by atoms with Crippen LogP contribution in [0.25, 0.3) is 0 Å². The molecule has 2 aromatic heterocycles. The fraction of sp³-hybridized carbons (Fsp3) is 0.467. The number of alkyl halides is 3. The molecule has 0 spiro atoms. The molecule has 24 heavy (non-hydrogen) atoms. The minimum absolute atomic E-state index is 0.217. The summed E-state index contributed by atoms with van der Waals surface area (Å²) >= 11 is 0. The number of rotatable bonds is 2. The lowest BCUT2D eigenvalue weighted by molar-refractivity contribution is -0.141. The molecule has 1 aliphatic heterocycles. The van der Waals surface area contributed by atoms with E-state index in [1.807, 2.05) is 0 Å². The summed E-state index contributed by atoms with van der Waals surface area (Å²) in [6, 6.07) is 0. The summed E-state index contributed by atoms with van der Waals surface area (Å²) < 4.78 is 39.9. The first-order valence-corrected chi connectivity index (χ1v) is 7.51. The SMILES string of the molecule is Cn1cc(C(F)(F)F)nc1[C@@H]1CCCN(C(=O)c2cncnc2)C1. The van der Waals surface area contributed by atoms with Gasteiger partial charge < -0.3 is 9.47 Å². The number of carbonyl (C=O) groups is 1. The molecule has 1 amide bonds. The van der Waals surface area contributed by atoms with Crippen LogP contribution in [-0.4, -0.2) is 43.4 Å². The molecule has 0 aromatic carbocycles. The Labute approximate surface area is 136 Å². The number of nitrogens with zero attached hydrogens (tertiary/aromatic N) is 5. The van der Waals surface area contributed by atoms with Crippen molar-refractivity contribution in [3.63, 3.8) is 0 Å². The molecule has 1 aliphatic rings. The van der Waals surface area contributed by atoms with E-state index in [9.17, 15) is 18.0 Å².